The van der Waals surface area contributed by atoms with Gasteiger partial charge in [0.25, 0.3) is 0 Å². The third-order valence-electron chi connectivity index (χ3n) is 7.28. The molecule has 0 radical (unpaired) electrons. The second-order valence-corrected chi connectivity index (χ2v) is 9.81. The van der Waals surface area contributed by atoms with Crippen molar-refractivity contribution >= 4 is 28.6 Å². The van der Waals surface area contributed by atoms with E-state index in [-0.39, 0.29) is 6.04 Å². The van der Waals surface area contributed by atoms with Gasteiger partial charge in [0.1, 0.15) is 5.82 Å². The third-order valence-corrected chi connectivity index (χ3v) is 7.28. The first-order valence-corrected chi connectivity index (χ1v) is 13.2. The van der Waals surface area contributed by atoms with Crippen LogP contribution in [0, 0.1) is 0 Å². The minimum absolute atomic E-state index is 0.247. The number of aromatic nitrogens is 5. The number of piperidine rings is 1. The van der Waals surface area contributed by atoms with Gasteiger partial charge >= 0.3 is 6.03 Å². The van der Waals surface area contributed by atoms with Gasteiger partial charge in [-0.1, -0.05) is 6.07 Å². The number of pyridine rings is 1. The number of nitrogens with zero attached hydrogens (tertiary/aromatic N) is 7. The lowest BCUT2D eigenvalue weighted by atomic mass is 10.0. The van der Waals surface area contributed by atoms with E-state index in [1.807, 2.05) is 30.6 Å². The fourth-order valence-corrected chi connectivity index (χ4v) is 5.26. The summed E-state index contributed by atoms with van der Waals surface area (Å²) < 4.78 is 7.66. The highest BCUT2D eigenvalue weighted by atomic mass is 16.5. The van der Waals surface area contributed by atoms with Crippen molar-refractivity contribution in [3.05, 3.63) is 60.6 Å². The molecule has 0 aliphatic carbocycles. The summed E-state index contributed by atoms with van der Waals surface area (Å²) in [6.45, 7) is 5.66. The SMILES string of the molecule is O=C(NO)Nc1ccc(-c2nc(N3CCOCC3)c3cnn(C4CCN(Cc5cccnc5)CC4)c3n2)cc1. The lowest BCUT2D eigenvalue weighted by Gasteiger charge is -2.32. The fraction of sp³-hybridized carbons (Fsp3) is 0.370. The first kappa shape index (κ1) is 25.2. The Hall–Kier alpha value is -4.13. The number of urea groups is 1. The van der Waals surface area contributed by atoms with Crippen molar-refractivity contribution in [3.63, 3.8) is 0 Å². The van der Waals surface area contributed by atoms with Gasteiger partial charge in [0.15, 0.2) is 11.5 Å². The summed E-state index contributed by atoms with van der Waals surface area (Å²) in [6.07, 6.45) is 7.60. The first-order chi connectivity index (χ1) is 19.2. The summed E-state index contributed by atoms with van der Waals surface area (Å²) in [7, 11) is 0. The molecule has 0 spiro atoms. The smallest absolute Gasteiger partial charge is 0.342 e. The number of anilines is 2. The van der Waals surface area contributed by atoms with Crippen LogP contribution in [0.15, 0.2) is 55.0 Å². The monoisotopic (exact) mass is 529 g/mol. The molecule has 202 valence electrons. The Bertz CT molecular complexity index is 1410. The first-order valence-electron chi connectivity index (χ1n) is 13.2. The van der Waals surface area contributed by atoms with E-state index in [4.69, 9.17) is 25.0 Å². The number of hydroxylamine groups is 1. The Labute approximate surface area is 225 Å². The number of amides is 2. The molecule has 39 heavy (non-hydrogen) atoms. The maximum atomic E-state index is 11.4. The predicted molar refractivity (Wildman–Crippen MR) is 146 cm³/mol. The number of likely N-dealkylation sites (tertiary alicyclic amines) is 1. The lowest BCUT2D eigenvalue weighted by molar-refractivity contribution is 0.122. The number of carbonyl (C=O) groups is 1. The van der Waals surface area contributed by atoms with Gasteiger partial charge in [0, 0.05) is 56.4 Å². The van der Waals surface area contributed by atoms with E-state index in [9.17, 15) is 4.79 Å². The Morgan fingerprint density at radius 1 is 1.03 bits per heavy atom. The summed E-state index contributed by atoms with van der Waals surface area (Å²) in [5.74, 6) is 1.46. The van der Waals surface area contributed by atoms with Gasteiger partial charge in [0.05, 0.1) is 30.8 Å². The van der Waals surface area contributed by atoms with Gasteiger partial charge in [-0.15, -0.1) is 0 Å². The Kier molecular flexibility index (Phi) is 7.30. The van der Waals surface area contributed by atoms with Crippen LogP contribution in [0.1, 0.15) is 24.4 Å². The third kappa shape index (κ3) is 5.53. The number of hydrogen-bond acceptors (Lipinski definition) is 9. The number of fused-ring (bicyclic) bond motifs is 1. The molecule has 0 bridgehead atoms. The van der Waals surface area contributed by atoms with Gasteiger partial charge in [0.2, 0.25) is 0 Å². The van der Waals surface area contributed by atoms with Crippen molar-refractivity contribution < 1.29 is 14.7 Å². The Morgan fingerprint density at radius 3 is 2.54 bits per heavy atom. The molecular formula is C27H31N9O3. The quantitative estimate of drug-likeness (QED) is 0.254. The molecule has 0 unspecified atom stereocenters. The number of morpholine rings is 1. The highest BCUT2D eigenvalue weighted by Crippen LogP contribution is 2.32. The number of nitrogens with one attached hydrogen (secondary N) is 2. The van der Waals surface area contributed by atoms with E-state index in [1.54, 1.807) is 23.8 Å². The molecule has 2 aliphatic heterocycles. The van der Waals surface area contributed by atoms with E-state index < -0.39 is 6.03 Å². The Morgan fingerprint density at radius 2 is 1.82 bits per heavy atom. The van der Waals surface area contributed by atoms with Gasteiger partial charge in [-0.3, -0.25) is 15.1 Å². The zero-order valence-corrected chi connectivity index (χ0v) is 21.5. The van der Waals surface area contributed by atoms with Gasteiger partial charge in [-0.05, 0) is 48.7 Å². The molecular weight excluding hydrogens is 498 g/mol. The van der Waals surface area contributed by atoms with E-state index in [0.29, 0.717) is 24.7 Å². The van der Waals surface area contributed by atoms with Gasteiger partial charge < -0.3 is 15.0 Å². The lowest BCUT2D eigenvalue weighted by Crippen LogP contribution is -2.37. The van der Waals surface area contributed by atoms with Crippen molar-refractivity contribution in [2.75, 3.05) is 49.6 Å². The highest BCUT2D eigenvalue weighted by Gasteiger charge is 2.26. The molecule has 5 heterocycles. The van der Waals surface area contributed by atoms with Gasteiger partial charge in [-0.2, -0.15) is 5.10 Å². The molecule has 4 aromatic rings. The maximum absolute atomic E-state index is 11.4. The maximum Gasteiger partial charge on any atom is 0.342 e. The normalized spacial score (nSPS) is 16.9. The topological polar surface area (TPSA) is 134 Å². The number of carbonyl (C=O) groups excluding carboxylic acids is 1. The molecule has 12 heteroatoms. The number of benzene rings is 1. The van der Waals surface area contributed by atoms with Crippen molar-refractivity contribution in [3.8, 4) is 11.4 Å². The highest BCUT2D eigenvalue weighted by molar-refractivity contribution is 5.90. The van der Waals surface area contributed by atoms with Crippen LogP contribution in [0.5, 0.6) is 0 Å². The number of ether oxygens (including phenoxy) is 1. The Balaban J connectivity index is 1.29. The molecule has 12 nitrogen and oxygen atoms in total. The molecule has 1 aromatic carbocycles. The standard InChI is InChI=1S/C27H31N9O3/c37-27(33-38)30-21-5-3-20(4-6-21)24-31-25(35-12-14-39-15-13-35)23-17-29-36(26(23)32-24)22-7-10-34(11-8-22)18-19-2-1-9-28-16-19/h1-6,9,16-17,22,38H,7-8,10-15,18H2,(H2,30,33,37). The van der Waals surface area contributed by atoms with Crippen LogP contribution >= 0.6 is 0 Å². The van der Waals surface area contributed by atoms with Crippen LogP contribution in [-0.2, 0) is 11.3 Å². The molecule has 3 aromatic heterocycles. The molecule has 2 amide bonds. The minimum Gasteiger partial charge on any atom is -0.378 e. The predicted octanol–water partition coefficient (Wildman–Crippen LogP) is 3.07. The van der Waals surface area contributed by atoms with Crippen molar-refractivity contribution in [1.29, 1.82) is 0 Å². The van der Waals surface area contributed by atoms with Gasteiger partial charge in [-0.25, -0.2) is 24.9 Å². The van der Waals surface area contributed by atoms with Crippen LogP contribution in [0.2, 0.25) is 0 Å². The summed E-state index contributed by atoms with van der Waals surface area (Å²) in [5, 5.41) is 17.1. The fourth-order valence-electron chi connectivity index (χ4n) is 5.26. The van der Waals surface area contributed by atoms with Crippen LogP contribution in [-0.4, -0.2) is 80.3 Å². The average Bonchev–Trinajstić information content (AvgIpc) is 3.42. The van der Waals surface area contributed by atoms with E-state index >= 15 is 0 Å². The zero-order valence-electron chi connectivity index (χ0n) is 21.5. The molecule has 0 saturated carbocycles. The minimum atomic E-state index is -0.703. The summed E-state index contributed by atoms with van der Waals surface area (Å²) in [4.78, 5) is 30.4. The zero-order chi connectivity index (χ0) is 26.6. The summed E-state index contributed by atoms with van der Waals surface area (Å²) >= 11 is 0. The van der Waals surface area contributed by atoms with E-state index in [0.717, 1.165) is 68.0 Å². The van der Waals surface area contributed by atoms with Crippen LogP contribution < -0.4 is 15.7 Å². The molecule has 0 atom stereocenters. The molecule has 3 N–H and O–H groups in total. The second-order valence-electron chi connectivity index (χ2n) is 9.81. The number of rotatable bonds is 6. The largest absolute Gasteiger partial charge is 0.378 e. The average molecular weight is 530 g/mol. The molecule has 2 saturated heterocycles. The van der Waals surface area contributed by atoms with Crippen LogP contribution in [0.3, 0.4) is 0 Å². The molecule has 2 fully saturated rings. The molecule has 6 rings (SSSR count). The van der Waals surface area contributed by atoms with E-state index in [1.165, 1.54) is 5.56 Å². The summed E-state index contributed by atoms with van der Waals surface area (Å²) in [6, 6.07) is 10.9. The molecule has 2 aliphatic rings. The van der Waals surface area contributed by atoms with Crippen LogP contribution in [0.25, 0.3) is 22.4 Å². The van der Waals surface area contributed by atoms with Crippen molar-refractivity contribution in [2.45, 2.75) is 25.4 Å². The van der Waals surface area contributed by atoms with Crippen molar-refractivity contribution in [1.82, 2.24) is 35.1 Å². The second kappa shape index (κ2) is 11.3. The van der Waals surface area contributed by atoms with Crippen molar-refractivity contribution in [2.24, 2.45) is 0 Å². The summed E-state index contributed by atoms with van der Waals surface area (Å²) in [5.41, 5.74) is 4.99. The number of hydrogen-bond donors (Lipinski definition) is 3. The van der Waals surface area contributed by atoms with Crippen LogP contribution in [0.4, 0.5) is 16.3 Å². The van der Waals surface area contributed by atoms with E-state index in [2.05, 4.69) is 30.8 Å².